The highest BCUT2D eigenvalue weighted by atomic mass is 19.4. The summed E-state index contributed by atoms with van der Waals surface area (Å²) in [6, 6.07) is 14.0. The SMILES string of the molecule is COC(=O)c1ccc(CNC(=O)c2ccc(-c3cccc(C(F)(F)F)c3)o2)cc1. The normalized spacial score (nSPS) is 11.2. The zero-order valence-electron chi connectivity index (χ0n) is 15.2. The highest BCUT2D eigenvalue weighted by Crippen LogP contribution is 2.32. The van der Waals surface area contributed by atoms with Crippen LogP contribution in [0.15, 0.2) is 65.1 Å². The van der Waals surface area contributed by atoms with E-state index in [2.05, 4.69) is 10.1 Å². The van der Waals surface area contributed by atoms with Gasteiger partial charge in [-0.15, -0.1) is 0 Å². The second-order valence-electron chi connectivity index (χ2n) is 6.11. The molecule has 29 heavy (non-hydrogen) atoms. The number of carbonyl (C=O) groups excluding carboxylic acids is 2. The molecule has 0 bridgehead atoms. The molecule has 0 radical (unpaired) electrons. The minimum Gasteiger partial charge on any atom is -0.465 e. The number of carbonyl (C=O) groups is 2. The number of furan rings is 1. The highest BCUT2D eigenvalue weighted by molar-refractivity contribution is 5.92. The number of hydrogen-bond acceptors (Lipinski definition) is 4. The van der Waals surface area contributed by atoms with Gasteiger partial charge in [0.05, 0.1) is 18.2 Å². The molecule has 3 aromatic rings. The summed E-state index contributed by atoms with van der Waals surface area (Å²) in [6.07, 6.45) is -4.47. The lowest BCUT2D eigenvalue weighted by Gasteiger charge is -2.07. The van der Waals surface area contributed by atoms with Gasteiger partial charge in [0.15, 0.2) is 5.76 Å². The van der Waals surface area contributed by atoms with Crippen LogP contribution >= 0.6 is 0 Å². The van der Waals surface area contributed by atoms with Crippen LogP contribution < -0.4 is 5.32 Å². The molecule has 0 spiro atoms. The van der Waals surface area contributed by atoms with E-state index >= 15 is 0 Å². The predicted molar refractivity (Wildman–Crippen MR) is 98.1 cm³/mol. The lowest BCUT2D eigenvalue weighted by atomic mass is 10.1. The van der Waals surface area contributed by atoms with Gasteiger partial charge in [-0.3, -0.25) is 4.79 Å². The minimum absolute atomic E-state index is 0.0245. The zero-order chi connectivity index (χ0) is 21.0. The van der Waals surface area contributed by atoms with Crippen molar-refractivity contribution in [3.63, 3.8) is 0 Å². The second-order valence-corrected chi connectivity index (χ2v) is 6.11. The number of rotatable bonds is 5. The summed E-state index contributed by atoms with van der Waals surface area (Å²) in [4.78, 5) is 23.7. The number of amides is 1. The van der Waals surface area contributed by atoms with E-state index in [-0.39, 0.29) is 23.6 Å². The topological polar surface area (TPSA) is 68.5 Å². The number of nitrogens with one attached hydrogen (secondary N) is 1. The molecule has 2 aromatic carbocycles. The third-order valence-electron chi connectivity index (χ3n) is 4.13. The standard InChI is InChI=1S/C21H16F3NO4/c1-28-20(27)14-7-5-13(6-8-14)12-25-19(26)18-10-9-17(29-18)15-3-2-4-16(11-15)21(22,23)24/h2-11H,12H2,1H3,(H,25,26). The third kappa shape index (κ3) is 4.84. The van der Waals surface area contributed by atoms with Gasteiger partial charge < -0.3 is 14.5 Å². The van der Waals surface area contributed by atoms with Crippen molar-refractivity contribution in [1.29, 1.82) is 0 Å². The molecule has 3 rings (SSSR count). The fourth-order valence-electron chi connectivity index (χ4n) is 2.61. The Balaban J connectivity index is 1.66. The molecule has 5 nitrogen and oxygen atoms in total. The van der Waals surface area contributed by atoms with Crippen LogP contribution in [-0.2, 0) is 17.5 Å². The van der Waals surface area contributed by atoms with Crippen molar-refractivity contribution in [2.75, 3.05) is 7.11 Å². The first-order valence-corrected chi connectivity index (χ1v) is 8.51. The average Bonchev–Trinajstić information content (AvgIpc) is 3.22. The van der Waals surface area contributed by atoms with E-state index in [0.717, 1.165) is 17.7 Å². The molecule has 1 aromatic heterocycles. The summed E-state index contributed by atoms with van der Waals surface area (Å²) in [5.41, 5.74) is 0.556. The van der Waals surface area contributed by atoms with E-state index in [9.17, 15) is 22.8 Å². The predicted octanol–water partition coefficient (Wildman–Crippen LogP) is 4.68. The van der Waals surface area contributed by atoms with Crippen molar-refractivity contribution in [3.05, 3.63) is 83.1 Å². The third-order valence-corrected chi connectivity index (χ3v) is 4.13. The first-order chi connectivity index (χ1) is 13.8. The summed E-state index contributed by atoms with van der Waals surface area (Å²) >= 11 is 0. The molecular weight excluding hydrogens is 387 g/mol. The molecule has 0 unspecified atom stereocenters. The van der Waals surface area contributed by atoms with Gasteiger partial charge in [0.1, 0.15) is 5.76 Å². The van der Waals surface area contributed by atoms with Gasteiger partial charge in [0, 0.05) is 12.1 Å². The Hall–Kier alpha value is -3.55. The minimum atomic E-state index is -4.47. The molecule has 0 aliphatic carbocycles. The van der Waals surface area contributed by atoms with Crippen LogP contribution in [0.1, 0.15) is 32.0 Å². The van der Waals surface area contributed by atoms with Gasteiger partial charge in [0.2, 0.25) is 0 Å². The molecule has 0 saturated carbocycles. The Morgan fingerprint density at radius 3 is 2.41 bits per heavy atom. The van der Waals surface area contributed by atoms with Crippen molar-refractivity contribution >= 4 is 11.9 Å². The Morgan fingerprint density at radius 2 is 1.76 bits per heavy atom. The van der Waals surface area contributed by atoms with Gasteiger partial charge in [-0.2, -0.15) is 13.2 Å². The van der Waals surface area contributed by atoms with E-state index in [1.807, 2.05) is 0 Å². The first-order valence-electron chi connectivity index (χ1n) is 8.51. The number of alkyl halides is 3. The smallest absolute Gasteiger partial charge is 0.416 e. The second kappa shape index (κ2) is 8.22. The van der Waals surface area contributed by atoms with E-state index in [1.54, 1.807) is 24.3 Å². The van der Waals surface area contributed by atoms with Crippen LogP contribution in [0.2, 0.25) is 0 Å². The largest absolute Gasteiger partial charge is 0.465 e. The van der Waals surface area contributed by atoms with Gasteiger partial charge in [-0.05, 0) is 42.0 Å². The van der Waals surface area contributed by atoms with E-state index in [4.69, 9.17) is 4.42 Å². The summed E-state index contributed by atoms with van der Waals surface area (Å²) in [6.45, 7) is 0.180. The van der Waals surface area contributed by atoms with Crippen LogP contribution in [0.25, 0.3) is 11.3 Å². The van der Waals surface area contributed by atoms with Crippen LogP contribution in [0.5, 0.6) is 0 Å². The van der Waals surface area contributed by atoms with Crippen molar-refractivity contribution in [2.45, 2.75) is 12.7 Å². The molecule has 1 N–H and O–H groups in total. The van der Waals surface area contributed by atoms with Crippen molar-refractivity contribution in [2.24, 2.45) is 0 Å². The molecular formula is C21H16F3NO4. The van der Waals surface area contributed by atoms with Gasteiger partial charge in [0.25, 0.3) is 5.91 Å². The number of hydrogen-bond donors (Lipinski definition) is 1. The summed E-state index contributed by atoms with van der Waals surface area (Å²) < 4.78 is 48.6. The molecule has 0 aliphatic rings. The van der Waals surface area contributed by atoms with Crippen LogP contribution in [0.3, 0.4) is 0 Å². The first kappa shape index (κ1) is 20.2. The van der Waals surface area contributed by atoms with Crippen molar-refractivity contribution in [1.82, 2.24) is 5.32 Å². The molecule has 0 atom stereocenters. The lowest BCUT2D eigenvalue weighted by Crippen LogP contribution is -2.22. The summed E-state index contributed by atoms with van der Waals surface area (Å²) in [5, 5.41) is 2.65. The maximum absolute atomic E-state index is 12.8. The Kier molecular flexibility index (Phi) is 5.72. The molecule has 0 fully saturated rings. The van der Waals surface area contributed by atoms with Gasteiger partial charge in [-0.1, -0.05) is 24.3 Å². The number of ether oxygens (including phenoxy) is 1. The van der Waals surface area contributed by atoms with Gasteiger partial charge >= 0.3 is 12.1 Å². The summed E-state index contributed by atoms with van der Waals surface area (Å²) in [5.74, 6) is -0.842. The van der Waals surface area contributed by atoms with Crippen LogP contribution in [0, 0.1) is 0 Å². The quantitative estimate of drug-likeness (QED) is 0.628. The molecule has 8 heteroatoms. The Bertz CT molecular complexity index is 1020. The maximum Gasteiger partial charge on any atom is 0.416 e. The molecule has 0 saturated heterocycles. The average molecular weight is 403 g/mol. The molecule has 1 amide bonds. The van der Waals surface area contributed by atoms with Crippen molar-refractivity contribution in [3.8, 4) is 11.3 Å². The molecule has 150 valence electrons. The molecule has 0 aliphatic heterocycles. The zero-order valence-corrected chi connectivity index (χ0v) is 15.2. The van der Waals surface area contributed by atoms with E-state index in [0.29, 0.717) is 5.56 Å². The molecule has 1 heterocycles. The monoisotopic (exact) mass is 403 g/mol. The summed E-state index contributed by atoms with van der Waals surface area (Å²) in [7, 11) is 1.29. The number of esters is 1. The highest BCUT2D eigenvalue weighted by Gasteiger charge is 2.30. The van der Waals surface area contributed by atoms with Crippen LogP contribution in [-0.4, -0.2) is 19.0 Å². The fraction of sp³-hybridized carbons (Fsp3) is 0.143. The van der Waals surface area contributed by atoms with Crippen LogP contribution in [0.4, 0.5) is 13.2 Å². The number of benzene rings is 2. The van der Waals surface area contributed by atoms with Gasteiger partial charge in [-0.25, -0.2) is 4.79 Å². The van der Waals surface area contributed by atoms with E-state index < -0.39 is 23.6 Å². The van der Waals surface area contributed by atoms with E-state index in [1.165, 1.54) is 31.4 Å². The lowest BCUT2D eigenvalue weighted by molar-refractivity contribution is -0.137. The Labute approximate surface area is 164 Å². The Morgan fingerprint density at radius 1 is 1.03 bits per heavy atom. The fourth-order valence-corrected chi connectivity index (χ4v) is 2.61. The maximum atomic E-state index is 12.8. The number of methoxy groups -OCH3 is 1. The number of halogens is 3. The van der Waals surface area contributed by atoms with Crippen molar-refractivity contribution < 1.29 is 31.9 Å².